The summed E-state index contributed by atoms with van der Waals surface area (Å²) in [6, 6.07) is 5.19. The lowest BCUT2D eigenvalue weighted by atomic mass is 10.1. The summed E-state index contributed by atoms with van der Waals surface area (Å²) >= 11 is 0. The van der Waals surface area contributed by atoms with E-state index in [2.05, 4.69) is 9.72 Å². The highest BCUT2D eigenvalue weighted by molar-refractivity contribution is 5.97. The number of nitrogens with zero attached hydrogens (tertiary/aromatic N) is 1. The average Bonchev–Trinajstić information content (AvgIpc) is 3.09. The van der Waals surface area contributed by atoms with Gasteiger partial charge in [0.05, 0.1) is 13.4 Å². The molecule has 0 radical (unpaired) electrons. The number of anilines is 1. The fourth-order valence-corrected chi connectivity index (χ4v) is 1.92. The van der Waals surface area contributed by atoms with Crippen LogP contribution in [-0.2, 0) is 9.53 Å². The summed E-state index contributed by atoms with van der Waals surface area (Å²) in [6.07, 6.45) is -2.83. The van der Waals surface area contributed by atoms with Crippen molar-refractivity contribution in [3.05, 3.63) is 48.0 Å². The zero-order valence-electron chi connectivity index (χ0n) is 13.2. The number of pyridine rings is 1. The Morgan fingerprint density at radius 1 is 1.24 bits per heavy atom. The lowest BCUT2D eigenvalue weighted by Gasteiger charge is -2.34. The van der Waals surface area contributed by atoms with Gasteiger partial charge in [-0.05, 0) is 30.7 Å². The number of methoxy groups -OCH3 is 1. The maximum atomic E-state index is 13.7. The second-order valence-corrected chi connectivity index (χ2v) is 5.02. The highest BCUT2D eigenvalue weighted by Gasteiger charge is 2.64. The number of amides is 1. The van der Waals surface area contributed by atoms with Crippen LogP contribution >= 0.6 is 0 Å². The molecule has 7 nitrogen and oxygen atoms in total. The first-order valence-electron chi connectivity index (χ1n) is 6.91. The Morgan fingerprint density at radius 2 is 1.96 bits per heavy atom. The van der Waals surface area contributed by atoms with E-state index in [1.807, 2.05) is 5.32 Å². The van der Waals surface area contributed by atoms with E-state index in [0.29, 0.717) is 5.56 Å². The van der Waals surface area contributed by atoms with E-state index in [1.165, 1.54) is 24.4 Å². The van der Waals surface area contributed by atoms with Gasteiger partial charge in [-0.25, -0.2) is 9.78 Å². The molecule has 0 aliphatic rings. The molecule has 0 spiro atoms. The van der Waals surface area contributed by atoms with Crippen LogP contribution in [-0.4, -0.2) is 35.8 Å². The van der Waals surface area contributed by atoms with Crippen LogP contribution in [0, 0.1) is 6.92 Å². The van der Waals surface area contributed by atoms with Crippen LogP contribution in [0.2, 0.25) is 0 Å². The van der Waals surface area contributed by atoms with Crippen molar-refractivity contribution in [3.8, 4) is 0 Å². The Kier molecular flexibility index (Phi) is 5.00. The summed E-state index contributed by atoms with van der Waals surface area (Å²) < 4.78 is 50.2. The molecule has 25 heavy (non-hydrogen) atoms. The first-order chi connectivity index (χ1) is 11.7. The molecule has 1 atom stereocenters. The third-order valence-electron chi connectivity index (χ3n) is 3.19. The molecule has 0 fully saturated rings. The average molecular weight is 357 g/mol. The van der Waals surface area contributed by atoms with Gasteiger partial charge < -0.3 is 19.8 Å². The summed E-state index contributed by atoms with van der Waals surface area (Å²) in [7, 11) is 0.770. The quantitative estimate of drug-likeness (QED) is 0.630. The van der Waals surface area contributed by atoms with Gasteiger partial charge in [0, 0.05) is 6.20 Å². The number of aryl methyl sites for hydroxylation is 1. The van der Waals surface area contributed by atoms with E-state index >= 15 is 0 Å². The van der Waals surface area contributed by atoms with E-state index in [1.54, 1.807) is 12.2 Å². The molecule has 0 saturated heterocycles. The smallest absolute Gasteiger partial charge is 0.441 e. The first-order valence-corrected chi connectivity index (χ1v) is 6.91. The van der Waals surface area contributed by atoms with Gasteiger partial charge >= 0.3 is 17.8 Å². The number of esters is 1. The van der Waals surface area contributed by atoms with Crippen LogP contribution in [0.1, 0.15) is 16.1 Å². The maximum absolute atomic E-state index is 13.7. The molecule has 2 aromatic heterocycles. The molecule has 2 N–H and O–H groups in total. The van der Waals surface area contributed by atoms with Gasteiger partial charge in [0.25, 0.3) is 5.91 Å². The van der Waals surface area contributed by atoms with Gasteiger partial charge in [-0.1, -0.05) is 6.07 Å². The lowest BCUT2D eigenvalue weighted by molar-refractivity contribution is -0.203. The van der Waals surface area contributed by atoms with Gasteiger partial charge in [-0.15, -0.1) is 0 Å². The second kappa shape index (κ2) is 6.83. The highest BCUT2D eigenvalue weighted by atomic mass is 19.4. The minimum atomic E-state index is -5.24. The Balaban J connectivity index is 2.46. The number of hydrogen-bond acceptors (Lipinski definition) is 6. The fourth-order valence-electron chi connectivity index (χ4n) is 1.92. The van der Waals surface area contributed by atoms with E-state index in [-0.39, 0.29) is 5.82 Å². The largest absolute Gasteiger partial charge is 0.466 e. The maximum Gasteiger partial charge on any atom is 0.441 e. The van der Waals surface area contributed by atoms with Crippen LogP contribution in [0.15, 0.2) is 41.1 Å². The van der Waals surface area contributed by atoms with Crippen molar-refractivity contribution < 1.29 is 31.9 Å². The summed E-state index contributed by atoms with van der Waals surface area (Å²) in [6.45, 7) is 1.69. The van der Waals surface area contributed by atoms with Crippen molar-refractivity contribution in [3.63, 3.8) is 0 Å². The van der Waals surface area contributed by atoms with Crippen molar-refractivity contribution in [1.29, 1.82) is 0 Å². The molecule has 2 aromatic rings. The van der Waals surface area contributed by atoms with E-state index in [0.717, 1.165) is 19.4 Å². The van der Waals surface area contributed by atoms with Gasteiger partial charge in [0.15, 0.2) is 5.76 Å². The number of hydrogen-bond donors (Lipinski definition) is 2. The number of nitrogens with one attached hydrogen (secondary N) is 2. The molecule has 0 saturated carbocycles. The molecular formula is C15H14F3N3O4. The predicted octanol–water partition coefficient (Wildman–Crippen LogP) is 2.26. The number of ether oxygens (including phenoxy) is 1. The molecule has 0 aliphatic heterocycles. The molecule has 2 rings (SSSR count). The van der Waals surface area contributed by atoms with Gasteiger partial charge in [0.1, 0.15) is 5.82 Å². The highest BCUT2D eigenvalue weighted by Crippen LogP contribution is 2.33. The molecule has 2 heterocycles. The van der Waals surface area contributed by atoms with Crippen molar-refractivity contribution in [2.75, 3.05) is 12.4 Å². The Hall–Kier alpha value is -3.04. The van der Waals surface area contributed by atoms with Crippen LogP contribution in [0.3, 0.4) is 0 Å². The summed E-state index contributed by atoms with van der Waals surface area (Å²) in [5.41, 5.74) is -2.85. The summed E-state index contributed by atoms with van der Waals surface area (Å²) in [4.78, 5) is 27.8. The Bertz CT molecular complexity index is 744. The number of carbonyl (C=O) groups excluding carboxylic acids is 2. The standard InChI is InChI=1S/C15H14F3N3O4/c1-9-5-6-11(19-8-9)20-14(13(23)24-2,15(16,17)18)21-12(22)10-4-3-7-25-10/h3-8H,1-2H3,(H,19,20)(H,21,22). The number of alkyl halides is 3. The fraction of sp³-hybridized carbons (Fsp3) is 0.267. The van der Waals surface area contributed by atoms with Crippen molar-refractivity contribution in [1.82, 2.24) is 10.3 Å². The molecule has 1 amide bonds. The first kappa shape index (κ1) is 18.3. The molecule has 10 heteroatoms. The Morgan fingerprint density at radius 3 is 2.44 bits per heavy atom. The zero-order valence-corrected chi connectivity index (χ0v) is 13.2. The van der Waals surface area contributed by atoms with E-state index in [9.17, 15) is 22.8 Å². The van der Waals surface area contributed by atoms with E-state index in [4.69, 9.17) is 4.42 Å². The zero-order chi connectivity index (χ0) is 18.7. The van der Waals surface area contributed by atoms with Crippen LogP contribution < -0.4 is 10.6 Å². The number of aromatic nitrogens is 1. The number of rotatable bonds is 5. The molecule has 0 bridgehead atoms. The van der Waals surface area contributed by atoms with Gasteiger partial charge in [0.2, 0.25) is 0 Å². The topological polar surface area (TPSA) is 93.5 Å². The van der Waals surface area contributed by atoms with Crippen LogP contribution in [0.25, 0.3) is 0 Å². The van der Waals surface area contributed by atoms with Gasteiger partial charge in [-0.3, -0.25) is 4.79 Å². The van der Waals surface area contributed by atoms with E-state index < -0.39 is 29.5 Å². The Labute approximate surface area is 140 Å². The number of furan rings is 1. The van der Waals surface area contributed by atoms with Crippen LogP contribution in [0.5, 0.6) is 0 Å². The lowest BCUT2D eigenvalue weighted by Crippen LogP contribution is -2.69. The predicted molar refractivity (Wildman–Crippen MR) is 79.6 cm³/mol. The van der Waals surface area contributed by atoms with Gasteiger partial charge in [-0.2, -0.15) is 13.2 Å². The normalized spacial score (nSPS) is 13.6. The second-order valence-electron chi connectivity index (χ2n) is 5.02. The van der Waals surface area contributed by atoms with Crippen molar-refractivity contribution in [2.45, 2.75) is 18.8 Å². The SMILES string of the molecule is COC(=O)C(NC(=O)c1ccco1)(Nc1ccc(C)cn1)C(F)(F)F. The monoisotopic (exact) mass is 357 g/mol. The summed E-state index contributed by atoms with van der Waals surface area (Å²) in [5, 5.41) is 3.52. The van der Waals surface area contributed by atoms with Crippen molar-refractivity contribution in [2.24, 2.45) is 0 Å². The minimum Gasteiger partial charge on any atom is -0.466 e. The number of halogens is 3. The number of carbonyl (C=O) groups is 2. The minimum absolute atomic E-state index is 0.284. The summed E-state index contributed by atoms with van der Waals surface area (Å²) in [5.74, 6) is -3.71. The molecule has 0 aliphatic carbocycles. The third-order valence-corrected chi connectivity index (χ3v) is 3.19. The molecular weight excluding hydrogens is 343 g/mol. The third kappa shape index (κ3) is 3.73. The molecule has 0 aromatic carbocycles. The molecule has 134 valence electrons. The molecule has 1 unspecified atom stereocenters. The van der Waals surface area contributed by atoms with Crippen molar-refractivity contribution >= 4 is 17.7 Å². The van der Waals surface area contributed by atoms with Crippen LogP contribution in [0.4, 0.5) is 19.0 Å².